The van der Waals surface area contributed by atoms with Crippen molar-refractivity contribution in [1.29, 1.82) is 0 Å². The maximum atomic E-state index is 14.8. The predicted octanol–water partition coefficient (Wildman–Crippen LogP) is 26.9. The van der Waals surface area contributed by atoms with Crippen LogP contribution in [0.25, 0.3) is 70.3 Å². The molecule has 0 saturated heterocycles. The number of aryl methyl sites for hydroxylation is 2. The molecule has 8 aromatic rings. The number of carbonyl (C=O) groups is 2. The Morgan fingerprint density at radius 1 is 0.357 bits per heavy atom. The maximum absolute atomic E-state index is 14.8. The zero-order chi connectivity index (χ0) is 59.0. The summed E-state index contributed by atoms with van der Waals surface area (Å²) in [6.07, 6.45) is 39.0. The summed E-state index contributed by atoms with van der Waals surface area (Å²) in [6, 6.07) is 23.8. The lowest BCUT2D eigenvalue weighted by Crippen LogP contribution is -2.34. The van der Waals surface area contributed by atoms with E-state index in [2.05, 4.69) is 139 Å². The highest BCUT2D eigenvalue weighted by atomic mass is 32.1. The van der Waals surface area contributed by atoms with E-state index < -0.39 is 0 Å². The molecular formula is C74H99NO2S7. The molecule has 1 aliphatic rings. The standard InChI is InChI=1S/C74H99NO2S7/c1-9-15-20-24-26-30-35-53(33-28-22-17-11-3)46-55-38-41-60(80-55)65-57-45-51(8)79-69(57)66(61-42-39-56(81-61)47-54(34-29-23-18-12-4)36-31-27-25-21-16-10-2)58-48-64(83-70(58)65)59-43-44-63(82-59)72-68-67(71(84-72)62-40-37-50(7)78-62)73(76)75(74(68)77)49-52(14-6)32-19-13-5/h37-45,48,52-54H,9-36,46-47,49H2,1-8H3. The van der Waals surface area contributed by atoms with Crippen molar-refractivity contribution in [3.05, 3.63) is 91.3 Å². The first-order valence-electron chi connectivity index (χ1n) is 33.5. The zero-order valence-electron chi connectivity index (χ0n) is 52.5. The zero-order valence-corrected chi connectivity index (χ0v) is 58.3. The van der Waals surface area contributed by atoms with Gasteiger partial charge in [0.1, 0.15) is 0 Å². The molecule has 0 spiro atoms. The van der Waals surface area contributed by atoms with Crippen molar-refractivity contribution in [2.75, 3.05) is 6.54 Å². The number of imide groups is 1. The van der Waals surface area contributed by atoms with E-state index in [0.717, 1.165) is 57.0 Å². The van der Waals surface area contributed by atoms with Crippen LogP contribution < -0.4 is 0 Å². The molecule has 0 N–H and O–H groups in total. The van der Waals surface area contributed by atoms with Crippen molar-refractivity contribution in [1.82, 2.24) is 4.90 Å². The second-order valence-corrected chi connectivity index (χ2v) is 32.9. The van der Waals surface area contributed by atoms with Gasteiger partial charge in [-0.15, -0.1) is 79.4 Å². The Morgan fingerprint density at radius 3 is 1.29 bits per heavy atom. The van der Waals surface area contributed by atoms with Gasteiger partial charge in [0.25, 0.3) is 11.8 Å². The van der Waals surface area contributed by atoms with Gasteiger partial charge >= 0.3 is 0 Å². The van der Waals surface area contributed by atoms with Gasteiger partial charge in [0.05, 0.1) is 20.9 Å². The molecule has 7 aromatic heterocycles. The molecule has 1 aromatic carbocycles. The number of amides is 2. The van der Waals surface area contributed by atoms with E-state index in [-0.39, 0.29) is 11.8 Å². The van der Waals surface area contributed by atoms with Crippen LogP contribution in [0, 0.1) is 31.6 Å². The molecule has 0 aliphatic carbocycles. The molecule has 0 fully saturated rings. The van der Waals surface area contributed by atoms with E-state index in [0.29, 0.717) is 23.6 Å². The average molecular weight is 1260 g/mol. The molecule has 9 rings (SSSR count). The van der Waals surface area contributed by atoms with Gasteiger partial charge in [-0.05, 0) is 112 Å². The van der Waals surface area contributed by atoms with Crippen LogP contribution in [0.5, 0.6) is 0 Å². The highest BCUT2D eigenvalue weighted by Crippen LogP contribution is 2.55. The molecule has 3 nitrogen and oxygen atoms in total. The summed E-state index contributed by atoms with van der Waals surface area (Å²) in [5, 5.41) is 2.77. The van der Waals surface area contributed by atoms with Crippen molar-refractivity contribution < 1.29 is 9.59 Å². The molecule has 454 valence electrons. The molecule has 2 amide bonds. The van der Waals surface area contributed by atoms with Gasteiger partial charge in [-0.2, -0.15) is 0 Å². The van der Waals surface area contributed by atoms with Crippen molar-refractivity contribution in [2.45, 2.75) is 248 Å². The van der Waals surface area contributed by atoms with Gasteiger partial charge in [0.15, 0.2) is 0 Å². The first-order chi connectivity index (χ1) is 41.1. The molecular weight excluding hydrogens is 1160 g/mol. The third-order valence-electron chi connectivity index (χ3n) is 18.1. The fourth-order valence-corrected chi connectivity index (χ4v) is 21.5. The molecule has 3 atom stereocenters. The Hall–Kier alpha value is -3.22. The van der Waals surface area contributed by atoms with E-state index >= 15 is 0 Å². The van der Waals surface area contributed by atoms with Crippen LogP contribution in [0.1, 0.15) is 262 Å². The summed E-state index contributed by atoms with van der Waals surface area (Å²) in [7, 11) is 0. The first-order valence-corrected chi connectivity index (χ1v) is 39.2. The molecule has 0 bridgehead atoms. The fraction of sp³-hybridized carbons (Fsp3) is 0.568. The van der Waals surface area contributed by atoms with E-state index in [9.17, 15) is 9.59 Å². The average Bonchev–Trinajstić information content (AvgIpc) is 2.10. The molecule has 0 saturated carbocycles. The highest BCUT2D eigenvalue weighted by Gasteiger charge is 2.43. The molecule has 0 radical (unpaired) electrons. The van der Waals surface area contributed by atoms with Crippen molar-refractivity contribution in [2.24, 2.45) is 17.8 Å². The second-order valence-electron chi connectivity index (χ2n) is 24.9. The minimum absolute atomic E-state index is 0.112. The van der Waals surface area contributed by atoms with Crippen LogP contribution in [0.2, 0.25) is 0 Å². The molecule has 1 aliphatic heterocycles. The Balaban J connectivity index is 1.11. The number of nitrogens with zero attached hydrogens (tertiary/aromatic N) is 1. The molecule has 3 unspecified atom stereocenters. The van der Waals surface area contributed by atoms with Gasteiger partial charge in [-0.1, -0.05) is 215 Å². The van der Waals surface area contributed by atoms with Gasteiger partial charge in [-0.25, -0.2) is 0 Å². The summed E-state index contributed by atoms with van der Waals surface area (Å²) in [5.74, 6) is 1.56. The van der Waals surface area contributed by atoms with Gasteiger partial charge < -0.3 is 0 Å². The van der Waals surface area contributed by atoms with Gasteiger partial charge in [0, 0.05) is 86.6 Å². The topological polar surface area (TPSA) is 37.4 Å². The molecule has 84 heavy (non-hydrogen) atoms. The number of fused-ring (bicyclic) bond motifs is 3. The van der Waals surface area contributed by atoms with Crippen LogP contribution >= 0.6 is 79.4 Å². The maximum Gasteiger partial charge on any atom is 0.263 e. The molecule has 8 heterocycles. The summed E-state index contributed by atoms with van der Waals surface area (Å²) in [4.78, 5) is 46.0. The summed E-state index contributed by atoms with van der Waals surface area (Å²) < 4.78 is 2.81. The van der Waals surface area contributed by atoms with Crippen molar-refractivity contribution in [3.8, 4) is 50.1 Å². The van der Waals surface area contributed by atoms with E-state index in [1.165, 1.54) is 228 Å². The SMILES string of the molecule is CCCCCCCCC(CCCCCC)Cc1ccc(-c2c3cc(-c4ccc(-c5sc(-c6ccc(C)s6)c6c5C(=O)N(CC(CC)CCCC)C6=O)s4)sc3c(-c3ccc(CC(CCCCCC)CCCCCCCC)s3)c3cc(C)sc23)s1. The predicted molar refractivity (Wildman–Crippen MR) is 380 cm³/mol. The number of thiophene rings is 7. The lowest BCUT2D eigenvalue weighted by atomic mass is 9.91. The normalized spacial score (nSPS) is 13.9. The van der Waals surface area contributed by atoms with Crippen molar-refractivity contribution in [3.63, 3.8) is 0 Å². The summed E-state index contributed by atoms with van der Waals surface area (Å²) in [6.45, 7) is 18.7. The van der Waals surface area contributed by atoms with Crippen LogP contribution in [-0.2, 0) is 12.8 Å². The van der Waals surface area contributed by atoms with Crippen LogP contribution in [0.4, 0.5) is 0 Å². The minimum Gasteiger partial charge on any atom is -0.274 e. The fourth-order valence-electron chi connectivity index (χ4n) is 13.2. The summed E-state index contributed by atoms with van der Waals surface area (Å²) >= 11 is 13.2. The van der Waals surface area contributed by atoms with E-state index in [1.807, 2.05) is 22.7 Å². The lowest BCUT2D eigenvalue weighted by Gasteiger charge is -2.21. The number of hydrogen-bond acceptors (Lipinski definition) is 9. The number of benzene rings is 1. The Morgan fingerprint density at radius 2 is 0.786 bits per heavy atom. The van der Waals surface area contributed by atoms with Crippen LogP contribution in [0.3, 0.4) is 0 Å². The van der Waals surface area contributed by atoms with E-state index in [1.54, 1.807) is 48.7 Å². The third-order valence-corrected chi connectivity index (χ3v) is 26.4. The number of carbonyl (C=O) groups excluding carboxylic acids is 2. The van der Waals surface area contributed by atoms with Crippen LogP contribution in [-0.4, -0.2) is 23.3 Å². The number of unbranched alkanes of at least 4 members (excludes halogenated alkanes) is 17. The van der Waals surface area contributed by atoms with Crippen LogP contribution in [0.15, 0.2) is 60.7 Å². The van der Waals surface area contributed by atoms with E-state index in [4.69, 9.17) is 0 Å². The first kappa shape index (κ1) is 65.2. The number of hydrogen-bond donors (Lipinski definition) is 0. The van der Waals surface area contributed by atoms with Gasteiger partial charge in [-0.3, -0.25) is 14.5 Å². The van der Waals surface area contributed by atoms with Crippen molar-refractivity contribution >= 4 is 111 Å². The smallest absolute Gasteiger partial charge is 0.263 e. The number of rotatable bonds is 39. The quantitative estimate of drug-likeness (QED) is 0.0284. The summed E-state index contributed by atoms with van der Waals surface area (Å²) in [5.41, 5.74) is 4.07. The van der Waals surface area contributed by atoms with Gasteiger partial charge in [0.2, 0.25) is 0 Å². The largest absolute Gasteiger partial charge is 0.274 e. The Bertz CT molecular complexity index is 3200. The highest BCUT2D eigenvalue weighted by molar-refractivity contribution is 7.31. The monoisotopic (exact) mass is 1260 g/mol. The Kier molecular flexibility index (Phi) is 25.5. The minimum atomic E-state index is -0.113. The second kappa shape index (κ2) is 32.8. The molecule has 10 heteroatoms. The lowest BCUT2D eigenvalue weighted by molar-refractivity contribution is 0.0624. The Labute approximate surface area is 535 Å². The third kappa shape index (κ3) is 16.3.